The largest absolute Gasteiger partial charge is 0.141 e. The Hall–Kier alpha value is -1.42. The fraction of sp³-hybridized carbons (Fsp3) is 0.111. The molecule has 0 N–H and O–H groups in total. The average Bonchev–Trinajstić information content (AvgIpc) is 3.04. The summed E-state index contributed by atoms with van der Waals surface area (Å²) in [5.41, 5.74) is 0. The van der Waals surface area contributed by atoms with Crippen molar-refractivity contribution in [2.24, 2.45) is 0 Å². The maximum absolute atomic E-state index is 2.38. The molecule has 21 heavy (non-hydrogen) atoms. The van der Waals surface area contributed by atoms with E-state index in [1.807, 2.05) is 34.0 Å². The van der Waals surface area contributed by atoms with Gasteiger partial charge in [0.25, 0.3) is 0 Å². The highest BCUT2D eigenvalue weighted by molar-refractivity contribution is 7.41. The van der Waals surface area contributed by atoms with Crippen molar-refractivity contribution in [1.29, 1.82) is 0 Å². The summed E-state index contributed by atoms with van der Waals surface area (Å²) in [6.07, 6.45) is 0. The van der Waals surface area contributed by atoms with E-state index in [1.54, 1.807) is 0 Å². The van der Waals surface area contributed by atoms with Gasteiger partial charge in [-0.1, -0.05) is 0 Å². The predicted octanol–water partition coefficient (Wildman–Crippen LogP) is 7.10. The van der Waals surface area contributed by atoms with Crippen molar-refractivity contribution in [3.8, 4) is 0 Å². The van der Waals surface area contributed by atoms with Gasteiger partial charge in [0.15, 0.2) is 0 Å². The van der Waals surface area contributed by atoms with Crippen LogP contribution in [0.3, 0.4) is 0 Å². The van der Waals surface area contributed by atoms with Crippen molar-refractivity contribution in [3.05, 3.63) is 46.2 Å². The van der Waals surface area contributed by atoms with Crippen molar-refractivity contribution in [2.45, 2.75) is 13.8 Å². The monoisotopic (exact) mass is 324 g/mol. The molecule has 0 amide bonds. The lowest BCUT2D eigenvalue weighted by atomic mass is 10.1. The summed E-state index contributed by atoms with van der Waals surface area (Å²) < 4.78 is 4.26. The van der Waals surface area contributed by atoms with E-state index in [-0.39, 0.29) is 0 Å². The second kappa shape index (κ2) is 4.07. The highest BCUT2D eigenvalue weighted by atomic mass is 32.2. The first-order chi connectivity index (χ1) is 10.2. The third-order valence-electron chi connectivity index (χ3n) is 4.01. The smallest absolute Gasteiger partial charge is 0.0880 e. The number of benzene rings is 2. The number of aryl methyl sites for hydroxylation is 2. The van der Waals surface area contributed by atoms with E-state index in [9.17, 15) is 0 Å². The maximum Gasteiger partial charge on any atom is 0.0880 e. The lowest BCUT2D eigenvalue weighted by Crippen LogP contribution is -1.73. The second-order valence-electron chi connectivity index (χ2n) is 5.60. The molecule has 0 aliphatic heterocycles. The van der Waals surface area contributed by atoms with Crippen molar-refractivity contribution >= 4 is 74.4 Å². The van der Waals surface area contributed by atoms with Crippen LogP contribution < -0.4 is 0 Å². The van der Waals surface area contributed by atoms with Crippen LogP contribution in [0, 0.1) is 13.8 Å². The molecule has 0 saturated carbocycles. The summed E-state index contributed by atoms with van der Waals surface area (Å²) >= 11 is 5.73. The lowest BCUT2D eigenvalue weighted by molar-refractivity contribution is 1.66. The molecule has 3 aromatic heterocycles. The van der Waals surface area contributed by atoms with Crippen LogP contribution in [0.15, 0.2) is 36.4 Å². The Morgan fingerprint density at radius 1 is 0.571 bits per heavy atom. The minimum Gasteiger partial charge on any atom is -0.141 e. The molecule has 5 rings (SSSR count). The fourth-order valence-electron chi connectivity index (χ4n) is 3.10. The summed E-state index contributed by atoms with van der Waals surface area (Å²) in [7, 11) is 0. The highest BCUT2D eigenvalue weighted by Crippen LogP contribution is 2.41. The lowest BCUT2D eigenvalue weighted by Gasteiger charge is -2.00. The Morgan fingerprint density at radius 2 is 1.33 bits per heavy atom. The first kappa shape index (κ1) is 12.2. The van der Waals surface area contributed by atoms with Crippen LogP contribution in [0.25, 0.3) is 40.3 Å². The molecule has 0 unspecified atom stereocenters. The Balaban J connectivity index is 1.96. The quantitative estimate of drug-likeness (QED) is 0.285. The van der Waals surface area contributed by atoms with Crippen molar-refractivity contribution < 1.29 is 0 Å². The second-order valence-corrected chi connectivity index (χ2v) is 9.46. The zero-order chi connectivity index (χ0) is 14.1. The molecule has 0 atom stereocenters. The van der Waals surface area contributed by atoms with Crippen molar-refractivity contribution in [3.63, 3.8) is 0 Å². The van der Waals surface area contributed by atoms with Gasteiger partial charge in [-0.2, -0.15) is 0 Å². The molecule has 0 fully saturated rings. The molecule has 0 spiro atoms. The third kappa shape index (κ3) is 1.71. The zero-order valence-corrected chi connectivity index (χ0v) is 14.1. The molecular formula is C18H12S3. The number of rotatable bonds is 0. The normalized spacial score (nSPS) is 12.3. The van der Waals surface area contributed by atoms with Crippen LogP contribution in [-0.2, 0) is 0 Å². The molecule has 5 aromatic rings. The number of hydrogen-bond donors (Lipinski definition) is 0. The van der Waals surface area contributed by atoms with Crippen LogP contribution >= 0.6 is 34.0 Å². The van der Waals surface area contributed by atoms with Gasteiger partial charge < -0.3 is 0 Å². The molecule has 102 valence electrons. The summed E-state index contributed by atoms with van der Waals surface area (Å²) in [5.74, 6) is 0. The molecule has 0 aliphatic rings. The molecule has 0 bridgehead atoms. The standard InChI is InChI=1S/C18H12S3/c1-9-3-13-5-11-6-14-15-4-10(2)20-18(15)21-17(14)8-12(11)7-16(13)19-9/h3-8H,1-2H3. The molecule has 3 heteroatoms. The summed E-state index contributed by atoms with van der Waals surface area (Å²) in [4.78, 5) is 2.79. The first-order valence-electron chi connectivity index (χ1n) is 6.94. The van der Waals surface area contributed by atoms with E-state index in [0.717, 1.165) is 0 Å². The van der Waals surface area contributed by atoms with E-state index >= 15 is 0 Å². The highest BCUT2D eigenvalue weighted by Gasteiger charge is 2.10. The van der Waals surface area contributed by atoms with Gasteiger partial charge in [-0.25, -0.2) is 0 Å². The molecule has 2 aromatic carbocycles. The van der Waals surface area contributed by atoms with E-state index < -0.39 is 0 Å². The van der Waals surface area contributed by atoms with Gasteiger partial charge in [0, 0.05) is 29.9 Å². The average molecular weight is 324 g/mol. The number of thiophene rings is 3. The number of fused-ring (bicyclic) bond motifs is 5. The Morgan fingerprint density at radius 3 is 2.24 bits per heavy atom. The minimum absolute atomic E-state index is 1.36. The zero-order valence-electron chi connectivity index (χ0n) is 11.7. The van der Waals surface area contributed by atoms with E-state index in [4.69, 9.17) is 0 Å². The van der Waals surface area contributed by atoms with Crippen LogP contribution in [0.4, 0.5) is 0 Å². The summed E-state index contributed by atoms with van der Waals surface area (Å²) in [5, 5.41) is 6.94. The van der Waals surface area contributed by atoms with Gasteiger partial charge in [0.1, 0.15) is 0 Å². The van der Waals surface area contributed by atoms with Crippen LogP contribution in [0.5, 0.6) is 0 Å². The molecular weight excluding hydrogens is 312 g/mol. The SMILES string of the molecule is Cc1cc2cc3cc4c(cc3cc2s1)sc1sc(C)cc14. The van der Waals surface area contributed by atoms with Gasteiger partial charge >= 0.3 is 0 Å². The van der Waals surface area contributed by atoms with E-state index in [1.165, 1.54) is 50.1 Å². The van der Waals surface area contributed by atoms with Gasteiger partial charge in [-0.05, 0) is 66.4 Å². The molecule has 0 saturated heterocycles. The van der Waals surface area contributed by atoms with Crippen molar-refractivity contribution in [2.75, 3.05) is 0 Å². The van der Waals surface area contributed by atoms with Gasteiger partial charge in [-0.15, -0.1) is 34.0 Å². The molecule has 0 aliphatic carbocycles. The Labute approximate surface area is 134 Å². The first-order valence-corrected chi connectivity index (χ1v) is 9.39. The third-order valence-corrected chi connectivity index (χ3v) is 7.33. The molecule has 0 nitrogen and oxygen atoms in total. The fourth-order valence-corrected chi connectivity index (χ4v) is 6.58. The van der Waals surface area contributed by atoms with Crippen LogP contribution in [-0.4, -0.2) is 0 Å². The van der Waals surface area contributed by atoms with E-state index in [2.05, 4.69) is 50.2 Å². The summed E-state index contributed by atoms with van der Waals surface area (Å²) in [6, 6.07) is 14.1. The predicted molar refractivity (Wildman–Crippen MR) is 99.6 cm³/mol. The van der Waals surface area contributed by atoms with Crippen LogP contribution in [0.1, 0.15) is 9.75 Å². The topological polar surface area (TPSA) is 0 Å². The molecule has 0 radical (unpaired) electrons. The number of hydrogen-bond acceptors (Lipinski definition) is 3. The van der Waals surface area contributed by atoms with Crippen molar-refractivity contribution in [1.82, 2.24) is 0 Å². The molecule has 3 heterocycles. The Bertz CT molecular complexity index is 1140. The minimum atomic E-state index is 1.36. The van der Waals surface area contributed by atoms with Gasteiger partial charge in [0.2, 0.25) is 0 Å². The maximum atomic E-state index is 2.38. The summed E-state index contributed by atoms with van der Waals surface area (Å²) in [6.45, 7) is 4.38. The van der Waals surface area contributed by atoms with E-state index in [0.29, 0.717) is 0 Å². The van der Waals surface area contributed by atoms with Gasteiger partial charge in [-0.3, -0.25) is 0 Å². The Kier molecular flexibility index (Phi) is 2.35. The van der Waals surface area contributed by atoms with Gasteiger partial charge in [0.05, 0.1) is 4.01 Å². The van der Waals surface area contributed by atoms with Crippen LogP contribution in [0.2, 0.25) is 0 Å².